The number of pyridine rings is 1. The van der Waals surface area contributed by atoms with Crippen LogP contribution in [-0.2, 0) is 13.0 Å². The molecule has 0 aliphatic rings. The molecule has 1 heterocycles. The summed E-state index contributed by atoms with van der Waals surface area (Å²) in [7, 11) is 1.62. The van der Waals surface area contributed by atoms with Gasteiger partial charge in [-0.1, -0.05) is 19.1 Å². The van der Waals surface area contributed by atoms with Crippen LogP contribution in [0.25, 0.3) is 0 Å². The Morgan fingerprint density at radius 3 is 2.76 bits per heavy atom. The van der Waals surface area contributed by atoms with Gasteiger partial charge in [-0.2, -0.15) is 0 Å². The van der Waals surface area contributed by atoms with Crippen LogP contribution in [0.2, 0.25) is 0 Å². The Morgan fingerprint density at radius 1 is 1.29 bits per heavy atom. The van der Waals surface area contributed by atoms with E-state index in [0.717, 1.165) is 12.0 Å². The Kier molecular flexibility index (Phi) is 4.77. The fourth-order valence-electron chi connectivity index (χ4n) is 2.00. The van der Waals surface area contributed by atoms with E-state index in [1.807, 2.05) is 24.3 Å². The molecule has 0 amide bonds. The normalized spacial score (nSPS) is 10.2. The second-order valence-corrected chi connectivity index (χ2v) is 4.55. The molecule has 0 saturated heterocycles. The Labute approximate surface area is 124 Å². The van der Waals surface area contributed by atoms with E-state index in [9.17, 15) is 0 Å². The molecule has 0 fully saturated rings. The second-order valence-electron chi connectivity index (χ2n) is 4.55. The molecule has 1 aromatic heterocycles. The third kappa shape index (κ3) is 3.51. The SMILES string of the molecule is CCc1ccc(OCc2cccnc2C(=N)N)c(OC)c1. The number of nitrogens with one attached hydrogen (secondary N) is 1. The highest BCUT2D eigenvalue weighted by atomic mass is 16.5. The average molecular weight is 285 g/mol. The summed E-state index contributed by atoms with van der Waals surface area (Å²) in [6.07, 6.45) is 2.55. The summed E-state index contributed by atoms with van der Waals surface area (Å²) in [6, 6.07) is 9.50. The standard InChI is InChI=1S/C16H19N3O2/c1-3-11-6-7-13(14(9-11)20-2)21-10-12-5-4-8-19-15(12)16(17)18/h4-9H,3,10H2,1-2H3,(H3,17,18). The fourth-order valence-corrected chi connectivity index (χ4v) is 2.00. The number of methoxy groups -OCH3 is 1. The van der Waals surface area contributed by atoms with Crippen LogP contribution >= 0.6 is 0 Å². The van der Waals surface area contributed by atoms with Gasteiger partial charge in [0.2, 0.25) is 0 Å². The molecule has 2 rings (SSSR count). The van der Waals surface area contributed by atoms with Gasteiger partial charge in [0.05, 0.1) is 7.11 Å². The van der Waals surface area contributed by atoms with Crippen LogP contribution in [0.15, 0.2) is 36.5 Å². The van der Waals surface area contributed by atoms with Crippen LogP contribution < -0.4 is 15.2 Å². The lowest BCUT2D eigenvalue weighted by atomic mass is 10.1. The van der Waals surface area contributed by atoms with E-state index < -0.39 is 0 Å². The molecule has 0 radical (unpaired) electrons. The maximum absolute atomic E-state index is 7.53. The molecular weight excluding hydrogens is 266 g/mol. The van der Waals surface area contributed by atoms with E-state index in [1.165, 1.54) is 5.56 Å². The van der Waals surface area contributed by atoms with Crippen molar-refractivity contribution in [3.63, 3.8) is 0 Å². The molecule has 1 aromatic carbocycles. The largest absolute Gasteiger partial charge is 0.493 e. The number of ether oxygens (including phenoxy) is 2. The van der Waals surface area contributed by atoms with Crippen molar-refractivity contribution in [3.8, 4) is 11.5 Å². The summed E-state index contributed by atoms with van der Waals surface area (Å²) < 4.78 is 11.1. The monoisotopic (exact) mass is 285 g/mol. The second kappa shape index (κ2) is 6.74. The molecule has 0 atom stereocenters. The zero-order chi connectivity index (χ0) is 15.2. The van der Waals surface area contributed by atoms with Crippen LogP contribution in [0.5, 0.6) is 11.5 Å². The summed E-state index contributed by atoms with van der Waals surface area (Å²) in [4.78, 5) is 4.10. The van der Waals surface area contributed by atoms with Gasteiger partial charge in [0.15, 0.2) is 11.5 Å². The minimum atomic E-state index is -0.0671. The molecule has 0 spiro atoms. The number of amidine groups is 1. The van der Waals surface area contributed by atoms with Crippen LogP contribution in [0.3, 0.4) is 0 Å². The molecule has 5 heteroatoms. The highest BCUT2D eigenvalue weighted by Gasteiger charge is 2.09. The van der Waals surface area contributed by atoms with Gasteiger partial charge in [0.25, 0.3) is 0 Å². The lowest BCUT2D eigenvalue weighted by Crippen LogP contribution is -2.16. The number of rotatable bonds is 6. The van der Waals surface area contributed by atoms with E-state index in [1.54, 1.807) is 19.4 Å². The molecule has 5 nitrogen and oxygen atoms in total. The van der Waals surface area contributed by atoms with Gasteiger partial charge in [-0.05, 0) is 30.2 Å². The van der Waals surface area contributed by atoms with Crippen molar-refractivity contribution < 1.29 is 9.47 Å². The Morgan fingerprint density at radius 2 is 2.10 bits per heavy atom. The van der Waals surface area contributed by atoms with Crippen molar-refractivity contribution in [3.05, 3.63) is 53.3 Å². The van der Waals surface area contributed by atoms with Gasteiger partial charge in [-0.3, -0.25) is 10.4 Å². The minimum absolute atomic E-state index is 0.0671. The lowest BCUT2D eigenvalue weighted by Gasteiger charge is -2.13. The number of nitrogen functional groups attached to an aromatic ring is 1. The van der Waals surface area contributed by atoms with Crippen molar-refractivity contribution in [1.82, 2.24) is 4.98 Å². The molecule has 21 heavy (non-hydrogen) atoms. The molecule has 3 N–H and O–H groups in total. The molecule has 110 valence electrons. The zero-order valence-corrected chi connectivity index (χ0v) is 12.2. The lowest BCUT2D eigenvalue weighted by molar-refractivity contribution is 0.284. The van der Waals surface area contributed by atoms with E-state index in [-0.39, 0.29) is 12.4 Å². The maximum atomic E-state index is 7.53. The van der Waals surface area contributed by atoms with Gasteiger partial charge in [-0.15, -0.1) is 0 Å². The number of benzene rings is 1. The summed E-state index contributed by atoms with van der Waals surface area (Å²) in [6.45, 7) is 2.37. The zero-order valence-electron chi connectivity index (χ0n) is 12.2. The molecule has 0 saturated carbocycles. The molecule has 0 unspecified atom stereocenters. The molecule has 0 bridgehead atoms. The van der Waals surface area contributed by atoms with Crippen molar-refractivity contribution in [2.75, 3.05) is 7.11 Å². The van der Waals surface area contributed by atoms with Crippen LogP contribution in [0, 0.1) is 5.41 Å². The average Bonchev–Trinajstić information content (AvgIpc) is 2.52. The smallest absolute Gasteiger partial charge is 0.161 e. The van der Waals surface area contributed by atoms with Gasteiger partial charge in [0.1, 0.15) is 18.1 Å². The first-order chi connectivity index (χ1) is 10.2. The fraction of sp³-hybridized carbons (Fsp3) is 0.250. The quantitative estimate of drug-likeness (QED) is 0.631. The van der Waals surface area contributed by atoms with Crippen molar-refractivity contribution in [2.24, 2.45) is 5.73 Å². The first-order valence-electron chi connectivity index (χ1n) is 6.73. The molecular formula is C16H19N3O2. The third-order valence-corrected chi connectivity index (χ3v) is 3.17. The summed E-state index contributed by atoms with van der Waals surface area (Å²) in [5.41, 5.74) is 7.92. The minimum Gasteiger partial charge on any atom is -0.493 e. The molecule has 0 aliphatic heterocycles. The van der Waals surface area contributed by atoms with E-state index in [0.29, 0.717) is 17.2 Å². The number of nitrogens with zero attached hydrogens (tertiary/aromatic N) is 1. The third-order valence-electron chi connectivity index (χ3n) is 3.17. The van der Waals surface area contributed by atoms with Gasteiger partial charge in [-0.25, -0.2) is 0 Å². The Hall–Kier alpha value is -2.56. The van der Waals surface area contributed by atoms with Crippen molar-refractivity contribution >= 4 is 5.84 Å². The van der Waals surface area contributed by atoms with Crippen LogP contribution in [0.1, 0.15) is 23.7 Å². The van der Waals surface area contributed by atoms with Gasteiger partial charge in [0, 0.05) is 11.8 Å². The number of aryl methyl sites for hydroxylation is 1. The predicted octanol–water partition coefficient (Wildman–Crippen LogP) is 2.52. The number of aromatic nitrogens is 1. The first kappa shape index (κ1) is 14.8. The highest BCUT2D eigenvalue weighted by Crippen LogP contribution is 2.29. The molecule has 0 aliphatic carbocycles. The maximum Gasteiger partial charge on any atom is 0.161 e. The number of hydrogen-bond acceptors (Lipinski definition) is 4. The topological polar surface area (TPSA) is 81.2 Å². The van der Waals surface area contributed by atoms with Gasteiger partial charge < -0.3 is 15.2 Å². The highest BCUT2D eigenvalue weighted by molar-refractivity contribution is 5.94. The summed E-state index contributed by atoms with van der Waals surface area (Å²) >= 11 is 0. The van der Waals surface area contributed by atoms with E-state index >= 15 is 0 Å². The first-order valence-corrected chi connectivity index (χ1v) is 6.73. The Balaban J connectivity index is 2.19. The number of nitrogens with two attached hydrogens (primary N) is 1. The number of hydrogen-bond donors (Lipinski definition) is 2. The van der Waals surface area contributed by atoms with Crippen LogP contribution in [0.4, 0.5) is 0 Å². The van der Waals surface area contributed by atoms with Crippen molar-refractivity contribution in [2.45, 2.75) is 20.0 Å². The van der Waals surface area contributed by atoms with E-state index in [4.69, 9.17) is 20.6 Å². The van der Waals surface area contributed by atoms with Crippen LogP contribution in [-0.4, -0.2) is 17.9 Å². The van der Waals surface area contributed by atoms with E-state index in [2.05, 4.69) is 11.9 Å². The van der Waals surface area contributed by atoms with Gasteiger partial charge >= 0.3 is 0 Å². The molecule has 2 aromatic rings. The Bertz CT molecular complexity index is 641. The summed E-state index contributed by atoms with van der Waals surface area (Å²) in [5, 5.41) is 7.53. The summed E-state index contributed by atoms with van der Waals surface area (Å²) in [5.74, 6) is 1.29. The van der Waals surface area contributed by atoms with Crippen molar-refractivity contribution in [1.29, 1.82) is 5.41 Å². The predicted molar refractivity (Wildman–Crippen MR) is 82.0 cm³/mol.